The summed E-state index contributed by atoms with van der Waals surface area (Å²) in [6.07, 6.45) is 3.30. The monoisotopic (exact) mass is 293 g/mol. The number of hydrogen-bond acceptors (Lipinski definition) is 4. The Labute approximate surface area is 119 Å². The third-order valence-electron chi connectivity index (χ3n) is 3.53. The van der Waals surface area contributed by atoms with E-state index in [4.69, 9.17) is 11.0 Å². The van der Waals surface area contributed by atoms with Gasteiger partial charge in [0, 0.05) is 12.1 Å². The van der Waals surface area contributed by atoms with Gasteiger partial charge in [-0.3, -0.25) is 0 Å². The molecule has 0 unspecified atom stereocenters. The highest BCUT2D eigenvalue weighted by Gasteiger charge is 2.23. The van der Waals surface area contributed by atoms with Gasteiger partial charge in [0.15, 0.2) is 0 Å². The summed E-state index contributed by atoms with van der Waals surface area (Å²) in [6, 6.07) is 8.88. The first kappa shape index (κ1) is 15.0. The maximum atomic E-state index is 12.1. The predicted octanol–water partition coefficient (Wildman–Crippen LogP) is 1.25. The molecule has 2 rings (SSSR count). The lowest BCUT2D eigenvalue weighted by atomic mass is 9.93. The summed E-state index contributed by atoms with van der Waals surface area (Å²) in [7, 11) is -3.38. The topological polar surface area (TPSA) is 96.0 Å². The fourth-order valence-corrected chi connectivity index (χ4v) is 3.93. The molecule has 3 N–H and O–H groups in total. The van der Waals surface area contributed by atoms with Gasteiger partial charge in [-0.2, -0.15) is 5.26 Å². The van der Waals surface area contributed by atoms with E-state index >= 15 is 0 Å². The largest absolute Gasteiger partial charge is 0.328 e. The summed E-state index contributed by atoms with van der Waals surface area (Å²) in [5, 5.41) is 8.82. The second-order valence-electron chi connectivity index (χ2n) is 5.30. The summed E-state index contributed by atoms with van der Waals surface area (Å²) in [6.45, 7) is 0. The molecular formula is C14H19N3O2S. The van der Waals surface area contributed by atoms with Crippen molar-refractivity contribution in [2.24, 2.45) is 5.73 Å². The van der Waals surface area contributed by atoms with Crippen LogP contribution >= 0.6 is 0 Å². The average molecular weight is 293 g/mol. The Bertz CT molecular complexity index is 599. The number of nitrogens with two attached hydrogens (primary N) is 1. The molecule has 0 saturated heterocycles. The van der Waals surface area contributed by atoms with E-state index in [0.29, 0.717) is 11.1 Å². The number of benzene rings is 1. The van der Waals surface area contributed by atoms with Crippen molar-refractivity contribution < 1.29 is 8.42 Å². The van der Waals surface area contributed by atoms with E-state index in [-0.39, 0.29) is 17.8 Å². The Kier molecular flexibility index (Phi) is 4.76. The van der Waals surface area contributed by atoms with Gasteiger partial charge in [0.05, 0.1) is 17.4 Å². The van der Waals surface area contributed by atoms with Crippen LogP contribution in [0.5, 0.6) is 0 Å². The highest BCUT2D eigenvalue weighted by molar-refractivity contribution is 7.88. The van der Waals surface area contributed by atoms with Crippen LogP contribution in [0.4, 0.5) is 0 Å². The molecule has 0 atom stereocenters. The maximum absolute atomic E-state index is 12.1. The fraction of sp³-hybridized carbons (Fsp3) is 0.500. The Morgan fingerprint density at radius 2 is 2.00 bits per heavy atom. The van der Waals surface area contributed by atoms with Gasteiger partial charge in [0.25, 0.3) is 0 Å². The number of nitrogens with zero attached hydrogens (tertiary/aromatic N) is 1. The molecule has 0 aliphatic heterocycles. The Morgan fingerprint density at radius 3 is 2.65 bits per heavy atom. The summed E-state index contributed by atoms with van der Waals surface area (Å²) in [5.41, 5.74) is 6.91. The first-order valence-corrected chi connectivity index (χ1v) is 8.38. The fourth-order valence-electron chi connectivity index (χ4n) is 2.48. The SMILES string of the molecule is N#Cc1cccc(CS(=O)(=O)NC2CCC(N)CC2)c1. The van der Waals surface area contributed by atoms with Crippen molar-refractivity contribution in [1.29, 1.82) is 5.26 Å². The van der Waals surface area contributed by atoms with Crippen LogP contribution in [0.25, 0.3) is 0 Å². The van der Waals surface area contributed by atoms with E-state index in [0.717, 1.165) is 25.7 Å². The van der Waals surface area contributed by atoms with E-state index in [2.05, 4.69) is 4.72 Å². The standard InChI is InChI=1S/C14H19N3O2S/c15-9-11-2-1-3-12(8-11)10-20(18,19)17-14-6-4-13(16)5-7-14/h1-3,8,13-14,17H,4-7,10,16H2. The molecule has 1 saturated carbocycles. The van der Waals surface area contributed by atoms with Crippen molar-refractivity contribution in [3.8, 4) is 6.07 Å². The molecule has 108 valence electrons. The van der Waals surface area contributed by atoms with E-state index in [1.807, 2.05) is 6.07 Å². The van der Waals surface area contributed by atoms with Crippen LogP contribution in [-0.2, 0) is 15.8 Å². The molecule has 6 heteroatoms. The molecule has 0 aromatic heterocycles. The zero-order valence-corrected chi connectivity index (χ0v) is 12.1. The van der Waals surface area contributed by atoms with E-state index in [1.165, 1.54) is 0 Å². The zero-order chi connectivity index (χ0) is 14.6. The van der Waals surface area contributed by atoms with Crippen molar-refractivity contribution in [2.75, 3.05) is 0 Å². The first-order valence-electron chi connectivity index (χ1n) is 6.73. The maximum Gasteiger partial charge on any atom is 0.216 e. The molecule has 0 bridgehead atoms. The van der Waals surface area contributed by atoms with E-state index < -0.39 is 10.0 Å². The molecule has 1 aromatic rings. The zero-order valence-electron chi connectivity index (χ0n) is 11.2. The molecule has 0 amide bonds. The number of rotatable bonds is 4. The lowest BCUT2D eigenvalue weighted by Crippen LogP contribution is -2.40. The molecule has 0 heterocycles. The molecule has 1 aliphatic rings. The molecule has 1 aromatic carbocycles. The minimum absolute atomic E-state index is 0.0149. The van der Waals surface area contributed by atoms with E-state index in [1.54, 1.807) is 24.3 Å². The lowest BCUT2D eigenvalue weighted by Gasteiger charge is -2.26. The summed E-state index contributed by atoms with van der Waals surface area (Å²) in [5.74, 6) is -0.0922. The molecule has 5 nitrogen and oxygen atoms in total. The van der Waals surface area contributed by atoms with Gasteiger partial charge in [-0.15, -0.1) is 0 Å². The van der Waals surface area contributed by atoms with Crippen molar-refractivity contribution in [3.05, 3.63) is 35.4 Å². The van der Waals surface area contributed by atoms with Gasteiger partial charge in [-0.25, -0.2) is 13.1 Å². The second kappa shape index (κ2) is 6.35. The predicted molar refractivity (Wildman–Crippen MR) is 77.1 cm³/mol. The Morgan fingerprint density at radius 1 is 1.30 bits per heavy atom. The average Bonchev–Trinajstić information content (AvgIpc) is 2.41. The van der Waals surface area contributed by atoms with Gasteiger partial charge in [0.2, 0.25) is 10.0 Å². The van der Waals surface area contributed by atoms with Gasteiger partial charge < -0.3 is 5.73 Å². The smallest absolute Gasteiger partial charge is 0.216 e. The van der Waals surface area contributed by atoms with Crippen LogP contribution in [0.2, 0.25) is 0 Å². The van der Waals surface area contributed by atoms with Crippen LogP contribution in [0, 0.1) is 11.3 Å². The normalized spacial score (nSPS) is 23.2. The number of nitriles is 1. The number of nitrogens with one attached hydrogen (secondary N) is 1. The number of sulfonamides is 1. The van der Waals surface area contributed by atoms with Gasteiger partial charge >= 0.3 is 0 Å². The third-order valence-corrected chi connectivity index (χ3v) is 4.94. The summed E-state index contributed by atoms with van der Waals surface area (Å²) in [4.78, 5) is 0. The van der Waals surface area contributed by atoms with Crippen LogP contribution in [-0.4, -0.2) is 20.5 Å². The molecule has 0 spiro atoms. The van der Waals surface area contributed by atoms with E-state index in [9.17, 15) is 8.42 Å². The van der Waals surface area contributed by atoms with Gasteiger partial charge in [0.1, 0.15) is 0 Å². The van der Waals surface area contributed by atoms with Crippen molar-refractivity contribution in [2.45, 2.75) is 43.5 Å². The van der Waals surface area contributed by atoms with Crippen molar-refractivity contribution >= 4 is 10.0 Å². The molecule has 20 heavy (non-hydrogen) atoms. The highest BCUT2D eigenvalue weighted by atomic mass is 32.2. The molecule has 1 fully saturated rings. The Balaban J connectivity index is 1.98. The third kappa shape index (κ3) is 4.30. The molecular weight excluding hydrogens is 274 g/mol. The van der Waals surface area contributed by atoms with Crippen LogP contribution in [0.3, 0.4) is 0 Å². The van der Waals surface area contributed by atoms with Gasteiger partial charge in [-0.05, 0) is 43.4 Å². The molecule has 1 aliphatic carbocycles. The molecule has 0 radical (unpaired) electrons. The summed E-state index contributed by atoms with van der Waals surface area (Å²) >= 11 is 0. The first-order chi connectivity index (χ1) is 9.48. The van der Waals surface area contributed by atoms with Crippen molar-refractivity contribution in [1.82, 2.24) is 4.72 Å². The van der Waals surface area contributed by atoms with Crippen LogP contribution in [0.15, 0.2) is 24.3 Å². The Hall–Kier alpha value is -1.42. The minimum Gasteiger partial charge on any atom is -0.328 e. The second-order valence-corrected chi connectivity index (χ2v) is 7.05. The summed E-state index contributed by atoms with van der Waals surface area (Å²) < 4.78 is 27.0. The van der Waals surface area contributed by atoms with Crippen LogP contribution in [0.1, 0.15) is 36.8 Å². The van der Waals surface area contributed by atoms with Crippen LogP contribution < -0.4 is 10.5 Å². The minimum atomic E-state index is -3.38. The highest BCUT2D eigenvalue weighted by Crippen LogP contribution is 2.18. The van der Waals surface area contributed by atoms with Crippen molar-refractivity contribution in [3.63, 3.8) is 0 Å². The quantitative estimate of drug-likeness (QED) is 0.873. The van der Waals surface area contributed by atoms with Gasteiger partial charge in [-0.1, -0.05) is 12.1 Å². The number of hydrogen-bond donors (Lipinski definition) is 2. The lowest BCUT2D eigenvalue weighted by molar-refractivity contribution is 0.373.